The van der Waals surface area contributed by atoms with Gasteiger partial charge in [-0.05, 0) is 19.2 Å². The zero-order valence-corrected chi connectivity index (χ0v) is 12.3. The summed E-state index contributed by atoms with van der Waals surface area (Å²) in [6.45, 7) is 11.1. The van der Waals surface area contributed by atoms with Crippen molar-refractivity contribution < 1.29 is 4.79 Å². The lowest BCUT2D eigenvalue weighted by Crippen LogP contribution is -2.01. The summed E-state index contributed by atoms with van der Waals surface area (Å²) in [5.74, 6) is 0. The Bertz CT molecular complexity index is 207. The maximum absolute atomic E-state index is 9.97. The first-order valence-corrected chi connectivity index (χ1v) is 6.47. The van der Waals surface area contributed by atoms with Crippen molar-refractivity contribution in [2.24, 2.45) is 0 Å². The number of hydrogen-bond donors (Lipinski definition) is 1. The molecule has 1 N–H and O–H groups in total. The zero-order valence-electron chi connectivity index (χ0n) is 12.3. The number of carbonyl (C=O) groups excluding carboxylic acids is 1. The quantitative estimate of drug-likeness (QED) is 0.815. The van der Waals surface area contributed by atoms with Crippen molar-refractivity contribution >= 4 is 6.29 Å². The van der Waals surface area contributed by atoms with Crippen molar-refractivity contribution in [3.8, 4) is 0 Å². The van der Waals surface area contributed by atoms with Crippen LogP contribution in [0.3, 0.4) is 0 Å². The fraction of sp³-hybridized carbons (Fsp3) is 0.533. The van der Waals surface area contributed by atoms with Gasteiger partial charge in [0, 0.05) is 6.42 Å². The molecule has 1 rings (SSSR count). The highest BCUT2D eigenvalue weighted by atomic mass is 16.1. The molecule has 2 heteroatoms. The molecule has 0 aliphatic carbocycles. The normalized spacial score (nSPS) is 7.18. The highest BCUT2D eigenvalue weighted by molar-refractivity contribution is 5.54. The molecular weight excluding hydrogens is 210 g/mol. The molecule has 0 saturated carbocycles. The highest BCUT2D eigenvalue weighted by Gasteiger charge is 1.84. The summed E-state index contributed by atoms with van der Waals surface area (Å²) in [4.78, 5) is 9.97. The van der Waals surface area contributed by atoms with Crippen molar-refractivity contribution in [3.63, 3.8) is 0 Å². The largest absolute Gasteiger partial charge is 0.320 e. The molecule has 1 aromatic rings. The molecule has 0 fully saturated rings. The van der Waals surface area contributed by atoms with Crippen molar-refractivity contribution in [1.82, 2.24) is 5.32 Å². The Morgan fingerprint density at radius 3 is 1.76 bits per heavy atom. The third-order valence-electron chi connectivity index (χ3n) is 1.52. The minimum absolute atomic E-state index is 0.529. The standard InChI is InChI=1S/C8H8O.C3H9N.2C2H6/c9-7-6-8-4-2-1-3-5-8;1-3-4-2;2*1-2/h1-5,7H,6H2;4H,3H2,1-2H3;2*1-2H3. The third-order valence-corrected chi connectivity index (χ3v) is 1.52. The van der Waals surface area contributed by atoms with Gasteiger partial charge >= 0.3 is 0 Å². The molecule has 0 aromatic heterocycles. The smallest absolute Gasteiger partial charge is 0.124 e. The van der Waals surface area contributed by atoms with E-state index in [1.807, 2.05) is 65.1 Å². The predicted molar refractivity (Wildman–Crippen MR) is 78.5 cm³/mol. The molecule has 0 radical (unpaired) electrons. The van der Waals surface area contributed by atoms with Gasteiger partial charge in [0.1, 0.15) is 6.29 Å². The second kappa shape index (κ2) is 24.2. The van der Waals surface area contributed by atoms with Gasteiger partial charge in [-0.3, -0.25) is 0 Å². The lowest BCUT2D eigenvalue weighted by molar-refractivity contribution is -0.107. The number of benzene rings is 1. The van der Waals surface area contributed by atoms with Gasteiger partial charge in [0.25, 0.3) is 0 Å². The number of aldehydes is 1. The van der Waals surface area contributed by atoms with Gasteiger partial charge in [0.05, 0.1) is 0 Å². The summed E-state index contributed by atoms with van der Waals surface area (Å²) in [5, 5.41) is 2.93. The van der Waals surface area contributed by atoms with E-state index in [1.54, 1.807) is 0 Å². The van der Waals surface area contributed by atoms with Crippen LogP contribution in [0.5, 0.6) is 0 Å². The van der Waals surface area contributed by atoms with Crippen molar-refractivity contribution in [2.45, 2.75) is 41.0 Å². The van der Waals surface area contributed by atoms with E-state index in [0.29, 0.717) is 6.42 Å². The predicted octanol–water partition coefficient (Wildman–Crippen LogP) is 3.71. The lowest BCUT2D eigenvalue weighted by Gasteiger charge is -1.89. The molecular formula is C15H29NO. The molecule has 0 unspecified atom stereocenters. The Morgan fingerprint density at radius 2 is 1.47 bits per heavy atom. The molecule has 0 amide bonds. The summed E-state index contributed by atoms with van der Waals surface area (Å²) in [7, 11) is 1.93. The number of rotatable bonds is 3. The van der Waals surface area contributed by atoms with E-state index in [9.17, 15) is 4.79 Å². The number of hydrogen-bond acceptors (Lipinski definition) is 2. The summed E-state index contributed by atoms with van der Waals surface area (Å²) < 4.78 is 0. The fourth-order valence-electron chi connectivity index (χ4n) is 0.710. The Morgan fingerprint density at radius 1 is 1.06 bits per heavy atom. The topological polar surface area (TPSA) is 29.1 Å². The minimum Gasteiger partial charge on any atom is -0.320 e. The van der Waals surface area contributed by atoms with Crippen LogP contribution in [0, 0.1) is 0 Å². The molecule has 2 nitrogen and oxygen atoms in total. The molecule has 1 aromatic carbocycles. The van der Waals surface area contributed by atoms with Crippen LogP contribution in [0.1, 0.15) is 40.2 Å². The SMILES string of the molecule is CC.CC.CCNC.O=CCc1ccccc1. The molecule has 0 atom stereocenters. The van der Waals surface area contributed by atoms with Crippen LogP contribution in [-0.4, -0.2) is 19.9 Å². The Kier molecular flexibility index (Phi) is 30.1. The van der Waals surface area contributed by atoms with Crippen molar-refractivity contribution in [3.05, 3.63) is 35.9 Å². The number of carbonyl (C=O) groups is 1. The number of nitrogens with one attached hydrogen (secondary N) is 1. The Hall–Kier alpha value is -1.15. The van der Waals surface area contributed by atoms with Crippen LogP contribution in [0.15, 0.2) is 30.3 Å². The highest BCUT2D eigenvalue weighted by Crippen LogP contribution is 1.96. The monoisotopic (exact) mass is 239 g/mol. The van der Waals surface area contributed by atoms with Crippen molar-refractivity contribution in [1.29, 1.82) is 0 Å². The molecule has 17 heavy (non-hydrogen) atoms. The van der Waals surface area contributed by atoms with Crippen LogP contribution in [0.2, 0.25) is 0 Å². The Labute approximate surface area is 107 Å². The maximum atomic E-state index is 9.97. The third kappa shape index (κ3) is 20.8. The van der Waals surface area contributed by atoms with E-state index in [1.165, 1.54) is 0 Å². The van der Waals surface area contributed by atoms with Crippen LogP contribution >= 0.6 is 0 Å². The molecule has 0 aliphatic rings. The van der Waals surface area contributed by atoms with Gasteiger partial charge in [-0.25, -0.2) is 0 Å². The van der Waals surface area contributed by atoms with Crippen LogP contribution < -0.4 is 5.32 Å². The second-order valence-corrected chi connectivity index (χ2v) is 2.56. The zero-order chi connectivity index (χ0) is 13.9. The minimum atomic E-state index is 0.529. The van der Waals surface area contributed by atoms with Gasteiger partial charge in [0.15, 0.2) is 0 Å². The van der Waals surface area contributed by atoms with Gasteiger partial charge < -0.3 is 10.1 Å². The van der Waals surface area contributed by atoms with Gasteiger partial charge in [-0.15, -0.1) is 0 Å². The maximum Gasteiger partial charge on any atom is 0.124 e. The van der Waals surface area contributed by atoms with E-state index in [-0.39, 0.29) is 0 Å². The molecule has 0 saturated heterocycles. The summed E-state index contributed by atoms with van der Waals surface area (Å²) in [5.41, 5.74) is 1.08. The molecule has 100 valence electrons. The van der Waals surface area contributed by atoms with Crippen LogP contribution in [-0.2, 0) is 11.2 Å². The Balaban J connectivity index is -0.000000208. The van der Waals surface area contributed by atoms with Crippen LogP contribution in [0.4, 0.5) is 0 Å². The second-order valence-electron chi connectivity index (χ2n) is 2.56. The summed E-state index contributed by atoms with van der Waals surface area (Å²) >= 11 is 0. The molecule has 0 spiro atoms. The first kappa shape index (κ1) is 21.2. The van der Waals surface area contributed by atoms with E-state index in [4.69, 9.17) is 0 Å². The van der Waals surface area contributed by atoms with Gasteiger partial charge in [-0.2, -0.15) is 0 Å². The van der Waals surface area contributed by atoms with E-state index >= 15 is 0 Å². The van der Waals surface area contributed by atoms with E-state index < -0.39 is 0 Å². The average molecular weight is 239 g/mol. The molecule has 0 aliphatic heterocycles. The first-order chi connectivity index (χ1) is 8.35. The van der Waals surface area contributed by atoms with Crippen molar-refractivity contribution in [2.75, 3.05) is 13.6 Å². The van der Waals surface area contributed by atoms with Gasteiger partial charge in [-0.1, -0.05) is 65.0 Å². The summed E-state index contributed by atoms with van der Waals surface area (Å²) in [6, 6.07) is 9.68. The average Bonchev–Trinajstić information content (AvgIpc) is 2.45. The first-order valence-electron chi connectivity index (χ1n) is 6.47. The lowest BCUT2D eigenvalue weighted by atomic mass is 10.2. The van der Waals surface area contributed by atoms with Crippen LogP contribution in [0.25, 0.3) is 0 Å². The van der Waals surface area contributed by atoms with E-state index in [0.717, 1.165) is 18.4 Å². The summed E-state index contributed by atoms with van der Waals surface area (Å²) in [6.07, 6.45) is 1.44. The van der Waals surface area contributed by atoms with Gasteiger partial charge in [0.2, 0.25) is 0 Å². The molecule has 0 heterocycles. The van der Waals surface area contributed by atoms with E-state index in [2.05, 4.69) is 12.2 Å². The fourth-order valence-corrected chi connectivity index (χ4v) is 0.710. The molecule has 0 bridgehead atoms.